The lowest BCUT2D eigenvalue weighted by Gasteiger charge is -2.16. The normalized spacial score (nSPS) is 12.3. The fraction of sp³-hybridized carbons (Fsp3) is 0.600. The highest BCUT2D eigenvalue weighted by molar-refractivity contribution is 5.49. The first-order chi connectivity index (χ1) is 7.21. The van der Waals surface area contributed by atoms with Crippen molar-refractivity contribution in [2.45, 2.75) is 26.3 Å². The molecule has 0 bridgehead atoms. The van der Waals surface area contributed by atoms with Gasteiger partial charge in [0, 0.05) is 0 Å². The first-order valence-electron chi connectivity index (χ1n) is 4.96. The highest BCUT2D eigenvalue weighted by atomic mass is 16.5. The Morgan fingerprint density at radius 3 is 2.87 bits per heavy atom. The third-order valence-electron chi connectivity index (χ3n) is 2.15. The van der Waals surface area contributed by atoms with Crippen molar-refractivity contribution in [1.29, 1.82) is 0 Å². The van der Waals surface area contributed by atoms with Crippen LogP contribution in [0.15, 0.2) is 6.20 Å². The van der Waals surface area contributed by atoms with E-state index in [2.05, 4.69) is 15.3 Å². The third kappa shape index (κ3) is 3.06. The Morgan fingerprint density at radius 1 is 1.60 bits per heavy atom. The largest absolute Gasteiger partial charge is 0.491 e. The molecule has 1 aromatic rings. The van der Waals surface area contributed by atoms with Crippen LogP contribution < -0.4 is 10.1 Å². The van der Waals surface area contributed by atoms with Gasteiger partial charge in [-0.2, -0.15) is 0 Å². The number of ether oxygens (including phenoxy) is 1. The zero-order valence-electron chi connectivity index (χ0n) is 9.32. The van der Waals surface area contributed by atoms with Crippen molar-refractivity contribution in [1.82, 2.24) is 9.97 Å². The monoisotopic (exact) mass is 211 g/mol. The van der Waals surface area contributed by atoms with E-state index in [1.165, 1.54) is 0 Å². The lowest BCUT2D eigenvalue weighted by Crippen LogP contribution is -2.23. The summed E-state index contributed by atoms with van der Waals surface area (Å²) in [6.45, 7) is 3.88. The van der Waals surface area contributed by atoms with E-state index in [9.17, 15) is 0 Å². The molecule has 5 heteroatoms. The molecule has 0 radical (unpaired) electrons. The number of rotatable bonds is 5. The van der Waals surface area contributed by atoms with E-state index in [0.717, 1.165) is 6.42 Å². The smallest absolute Gasteiger partial charge is 0.179 e. The van der Waals surface area contributed by atoms with E-state index in [-0.39, 0.29) is 12.6 Å². The van der Waals surface area contributed by atoms with Crippen molar-refractivity contribution in [3.8, 4) is 5.75 Å². The topological polar surface area (TPSA) is 67.3 Å². The number of nitrogens with one attached hydrogen (secondary N) is 1. The molecule has 0 saturated carbocycles. The van der Waals surface area contributed by atoms with Crippen molar-refractivity contribution < 1.29 is 9.84 Å². The molecule has 2 N–H and O–H groups in total. The van der Waals surface area contributed by atoms with Gasteiger partial charge in [-0.05, 0) is 13.3 Å². The number of nitrogens with zero attached hydrogens (tertiary/aromatic N) is 2. The number of hydrogen-bond donors (Lipinski definition) is 2. The minimum atomic E-state index is -0.00630. The fourth-order valence-corrected chi connectivity index (χ4v) is 1.18. The molecule has 0 aliphatic carbocycles. The van der Waals surface area contributed by atoms with Crippen molar-refractivity contribution in [3.05, 3.63) is 12.0 Å². The number of aliphatic hydroxyl groups is 1. The molecule has 0 aliphatic rings. The molecule has 1 atom stereocenters. The number of aliphatic hydroxyl groups excluding tert-OH is 1. The summed E-state index contributed by atoms with van der Waals surface area (Å²) in [4.78, 5) is 8.25. The molecule has 0 amide bonds. The van der Waals surface area contributed by atoms with E-state index in [1.807, 2.05) is 13.8 Å². The summed E-state index contributed by atoms with van der Waals surface area (Å²) >= 11 is 0. The lowest BCUT2D eigenvalue weighted by molar-refractivity contribution is 0.271. The summed E-state index contributed by atoms with van der Waals surface area (Å²) in [5, 5.41) is 12.2. The van der Waals surface area contributed by atoms with Gasteiger partial charge >= 0.3 is 0 Å². The Bertz CT molecular complexity index is 314. The number of aryl methyl sites for hydroxylation is 1. The Hall–Kier alpha value is -1.36. The molecule has 1 heterocycles. The zero-order chi connectivity index (χ0) is 11.3. The summed E-state index contributed by atoms with van der Waals surface area (Å²) in [6, 6.07) is -0.00630. The summed E-state index contributed by atoms with van der Waals surface area (Å²) in [6.07, 6.45) is 2.44. The SMILES string of the molecule is CCC(CO)Nc1nc(C)ncc1OC. The second-order valence-corrected chi connectivity index (χ2v) is 3.27. The predicted octanol–water partition coefficient (Wildman–Crippen LogP) is 0.976. The molecular formula is C10H17N3O2. The van der Waals surface area contributed by atoms with Crippen LogP contribution in [0.25, 0.3) is 0 Å². The molecule has 1 aromatic heterocycles. The average Bonchev–Trinajstić information content (AvgIpc) is 2.26. The van der Waals surface area contributed by atoms with Crippen LogP contribution in [0.2, 0.25) is 0 Å². The van der Waals surface area contributed by atoms with Crippen LogP contribution >= 0.6 is 0 Å². The Balaban J connectivity index is 2.86. The van der Waals surface area contributed by atoms with Crippen LogP contribution in [0.3, 0.4) is 0 Å². The van der Waals surface area contributed by atoms with E-state index in [4.69, 9.17) is 9.84 Å². The van der Waals surface area contributed by atoms with Crippen LogP contribution in [0.1, 0.15) is 19.2 Å². The third-order valence-corrected chi connectivity index (χ3v) is 2.15. The predicted molar refractivity (Wildman–Crippen MR) is 58.1 cm³/mol. The van der Waals surface area contributed by atoms with Gasteiger partial charge in [-0.3, -0.25) is 0 Å². The molecular weight excluding hydrogens is 194 g/mol. The maximum Gasteiger partial charge on any atom is 0.179 e. The maximum atomic E-state index is 9.07. The quantitative estimate of drug-likeness (QED) is 0.759. The van der Waals surface area contributed by atoms with Gasteiger partial charge in [0.05, 0.1) is 26.0 Å². The highest BCUT2D eigenvalue weighted by Crippen LogP contribution is 2.21. The van der Waals surface area contributed by atoms with Crippen molar-refractivity contribution in [2.24, 2.45) is 0 Å². The maximum absolute atomic E-state index is 9.07. The van der Waals surface area contributed by atoms with Crippen molar-refractivity contribution >= 4 is 5.82 Å². The molecule has 1 rings (SSSR count). The van der Waals surface area contributed by atoms with Crippen molar-refractivity contribution in [3.63, 3.8) is 0 Å². The Kier molecular flexibility index (Phi) is 4.30. The Labute approximate surface area is 89.5 Å². The van der Waals surface area contributed by atoms with E-state index < -0.39 is 0 Å². The van der Waals surface area contributed by atoms with Gasteiger partial charge < -0.3 is 15.2 Å². The van der Waals surface area contributed by atoms with Gasteiger partial charge in [0.25, 0.3) is 0 Å². The van der Waals surface area contributed by atoms with Crippen LogP contribution in [-0.2, 0) is 0 Å². The molecule has 1 unspecified atom stereocenters. The minimum absolute atomic E-state index is 0.00630. The molecule has 84 valence electrons. The second kappa shape index (κ2) is 5.50. The van der Waals surface area contributed by atoms with Gasteiger partial charge in [-0.15, -0.1) is 0 Å². The fourth-order valence-electron chi connectivity index (χ4n) is 1.18. The van der Waals surface area contributed by atoms with E-state index >= 15 is 0 Å². The molecule has 0 aromatic carbocycles. The van der Waals surface area contributed by atoms with Crippen molar-refractivity contribution in [2.75, 3.05) is 19.0 Å². The Morgan fingerprint density at radius 2 is 2.33 bits per heavy atom. The number of aromatic nitrogens is 2. The van der Waals surface area contributed by atoms with Crippen LogP contribution in [0, 0.1) is 6.92 Å². The second-order valence-electron chi connectivity index (χ2n) is 3.27. The number of methoxy groups -OCH3 is 1. The van der Waals surface area contributed by atoms with Gasteiger partial charge in [0.2, 0.25) is 0 Å². The molecule has 5 nitrogen and oxygen atoms in total. The first kappa shape index (κ1) is 11.7. The average molecular weight is 211 g/mol. The van der Waals surface area contributed by atoms with Crippen LogP contribution in [0.4, 0.5) is 5.82 Å². The van der Waals surface area contributed by atoms with Gasteiger partial charge in [-0.25, -0.2) is 9.97 Å². The van der Waals surface area contributed by atoms with Crippen LogP contribution in [0.5, 0.6) is 5.75 Å². The van der Waals surface area contributed by atoms with E-state index in [1.54, 1.807) is 13.3 Å². The molecule has 15 heavy (non-hydrogen) atoms. The van der Waals surface area contributed by atoms with Gasteiger partial charge in [0.1, 0.15) is 5.82 Å². The molecule has 0 aliphatic heterocycles. The van der Waals surface area contributed by atoms with Gasteiger partial charge in [0.15, 0.2) is 11.6 Å². The number of hydrogen-bond acceptors (Lipinski definition) is 5. The molecule has 0 spiro atoms. The van der Waals surface area contributed by atoms with Crippen LogP contribution in [-0.4, -0.2) is 34.8 Å². The molecule has 0 fully saturated rings. The zero-order valence-corrected chi connectivity index (χ0v) is 9.32. The summed E-state index contributed by atoms with van der Waals surface area (Å²) in [7, 11) is 1.57. The lowest BCUT2D eigenvalue weighted by atomic mass is 10.2. The summed E-state index contributed by atoms with van der Waals surface area (Å²) in [5.41, 5.74) is 0. The van der Waals surface area contributed by atoms with E-state index in [0.29, 0.717) is 17.4 Å². The standard InChI is InChI=1S/C10H17N3O2/c1-4-8(6-14)13-10-9(15-3)5-11-7(2)12-10/h5,8,14H,4,6H2,1-3H3,(H,11,12,13). The molecule has 0 saturated heterocycles. The first-order valence-corrected chi connectivity index (χ1v) is 4.96. The minimum Gasteiger partial charge on any atom is -0.491 e. The number of anilines is 1. The van der Waals surface area contributed by atoms with Gasteiger partial charge in [-0.1, -0.05) is 6.92 Å². The highest BCUT2D eigenvalue weighted by Gasteiger charge is 2.10. The summed E-state index contributed by atoms with van der Waals surface area (Å²) < 4.78 is 5.12. The summed E-state index contributed by atoms with van der Waals surface area (Å²) in [5.74, 6) is 1.89.